The van der Waals surface area contributed by atoms with Gasteiger partial charge in [-0.3, -0.25) is 4.57 Å². The number of nitrogens with zero attached hydrogens (tertiary/aromatic N) is 7. The number of hydrogen-bond acceptors (Lipinski definition) is 7. The summed E-state index contributed by atoms with van der Waals surface area (Å²) in [5.41, 5.74) is 4.27. The van der Waals surface area contributed by atoms with Crippen LogP contribution in [0.25, 0.3) is 11.4 Å². The third-order valence-corrected chi connectivity index (χ3v) is 6.83. The average molecular weight is 429 g/mol. The molecule has 1 saturated heterocycles. The summed E-state index contributed by atoms with van der Waals surface area (Å²) >= 11 is 0. The molecule has 0 radical (unpaired) electrons. The Hall–Kier alpha value is -3.42. The van der Waals surface area contributed by atoms with Crippen LogP contribution in [0.2, 0.25) is 0 Å². The molecule has 1 aliphatic carbocycles. The van der Waals surface area contributed by atoms with Gasteiger partial charge in [-0.05, 0) is 56.9 Å². The molecule has 32 heavy (non-hydrogen) atoms. The van der Waals surface area contributed by atoms with Crippen LogP contribution in [-0.2, 0) is 0 Å². The summed E-state index contributed by atoms with van der Waals surface area (Å²) in [4.78, 5) is 14.4. The second-order valence-corrected chi connectivity index (χ2v) is 8.78. The van der Waals surface area contributed by atoms with Crippen LogP contribution in [-0.4, -0.2) is 43.9 Å². The minimum Gasteiger partial charge on any atom is -0.372 e. The average Bonchev–Trinajstić information content (AvgIpc) is 3.61. The Morgan fingerprint density at radius 1 is 1.03 bits per heavy atom. The van der Waals surface area contributed by atoms with E-state index in [-0.39, 0.29) is 0 Å². The highest BCUT2D eigenvalue weighted by Gasteiger charge is 2.35. The van der Waals surface area contributed by atoms with E-state index in [1.807, 2.05) is 10.8 Å². The van der Waals surface area contributed by atoms with Crippen LogP contribution in [0, 0.1) is 0 Å². The van der Waals surface area contributed by atoms with Gasteiger partial charge >= 0.3 is 0 Å². The standard InChI is InChI=1S/C24H28N8/c1-2-20-23-29-26-16-31(23)21-15-25-24(28-22(21)32(20)19-7-3-4-8-19)27-17-9-11-18(12-10-17)30-13-5-6-14-30/h2,9-12,15-16,19H,3-8,13-14H2,1H3,(H,25,27,28)/b20-2+. The number of rotatable bonds is 4. The Morgan fingerprint density at radius 2 is 1.81 bits per heavy atom. The summed E-state index contributed by atoms with van der Waals surface area (Å²) in [5.74, 6) is 2.38. The Kier molecular flexibility index (Phi) is 4.78. The van der Waals surface area contributed by atoms with E-state index in [9.17, 15) is 0 Å². The summed E-state index contributed by atoms with van der Waals surface area (Å²) in [5, 5.41) is 12.0. The van der Waals surface area contributed by atoms with Crippen LogP contribution >= 0.6 is 0 Å². The molecule has 3 aromatic rings. The molecule has 2 aromatic heterocycles. The van der Waals surface area contributed by atoms with Gasteiger partial charge in [-0.15, -0.1) is 10.2 Å². The highest BCUT2D eigenvalue weighted by molar-refractivity contribution is 5.84. The number of anilines is 4. The lowest BCUT2D eigenvalue weighted by Crippen LogP contribution is -2.37. The van der Waals surface area contributed by atoms with Crippen LogP contribution in [0.15, 0.2) is 42.9 Å². The third-order valence-electron chi connectivity index (χ3n) is 6.83. The van der Waals surface area contributed by atoms with Crippen LogP contribution in [0.1, 0.15) is 51.3 Å². The lowest BCUT2D eigenvalue weighted by atomic mass is 10.1. The predicted molar refractivity (Wildman–Crippen MR) is 127 cm³/mol. The number of fused-ring (bicyclic) bond motifs is 3. The van der Waals surface area contributed by atoms with Gasteiger partial charge in [0.1, 0.15) is 12.0 Å². The lowest BCUT2D eigenvalue weighted by molar-refractivity contribution is 0.660. The molecule has 2 aliphatic heterocycles. The number of hydrogen-bond donors (Lipinski definition) is 1. The van der Waals surface area contributed by atoms with Crippen molar-refractivity contribution in [1.29, 1.82) is 0 Å². The zero-order valence-corrected chi connectivity index (χ0v) is 18.4. The van der Waals surface area contributed by atoms with Crippen molar-refractivity contribution >= 4 is 28.8 Å². The molecular formula is C24H28N8. The van der Waals surface area contributed by atoms with Gasteiger partial charge in [0.05, 0.1) is 11.9 Å². The summed E-state index contributed by atoms with van der Waals surface area (Å²) in [6, 6.07) is 9.00. The van der Waals surface area contributed by atoms with Crippen LogP contribution in [0.3, 0.4) is 0 Å². The topological polar surface area (TPSA) is 75.0 Å². The molecule has 1 aromatic carbocycles. The normalized spacial score (nSPS) is 19.5. The van der Waals surface area contributed by atoms with Gasteiger partial charge in [-0.1, -0.05) is 18.9 Å². The first-order chi connectivity index (χ1) is 15.8. The van der Waals surface area contributed by atoms with Crippen molar-refractivity contribution in [2.75, 3.05) is 28.2 Å². The largest absolute Gasteiger partial charge is 0.372 e. The molecule has 0 atom stereocenters. The van der Waals surface area contributed by atoms with Gasteiger partial charge in [0.15, 0.2) is 11.6 Å². The SMILES string of the molecule is C/C=C1\c2nncn2-c2cnc(Nc3ccc(N4CCCC4)cc3)nc2N1C1CCCC1. The van der Waals surface area contributed by atoms with E-state index in [1.54, 1.807) is 6.33 Å². The monoisotopic (exact) mass is 428 g/mol. The van der Waals surface area contributed by atoms with Crippen LogP contribution < -0.4 is 15.1 Å². The van der Waals surface area contributed by atoms with Crippen LogP contribution in [0.4, 0.5) is 23.1 Å². The number of allylic oxidation sites excluding steroid dienone is 1. The van der Waals surface area contributed by atoms with E-state index in [4.69, 9.17) is 4.98 Å². The predicted octanol–water partition coefficient (Wildman–Crippen LogP) is 4.52. The quantitative estimate of drug-likeness (QED) is 0.655. The fraction of sp³-hybridized carbons (Fsp3) is 0.417. The van der Waals surface area contributed by atoms with Gasteiger partial charge in [-0.25, -0.2) is 4.98 Å². The molecule has 0 spiro atoms. The van der Waals surface area contributed by atoms with Gasteiger partial charge < -0.3 is 15.1 Å². The molecule has 0 amide bonds. The minimum atomic E-state index is 0.424. The molecule has 4 heterocycles. The number of aromatic nitrogens is 5. The van der Waals surface area contributed by atoms with Crippen molar-refractivity contribution in [2.24, 2.45) is 0 Å². The Labute approximate surface area is 188 Å². The number of nitrogens with one attached hydrogen (secondary N) is 1. The molecule has 164 valence electrons. The second kappa shape index (κ2) is 7.93. The van der Waals surface area contributed by atoms with E-state index in [1.165, 1.54) is 31.4 Å². The van der Waals surface area contributed by atoms with Gasteiger partial charge in [0.2, 0.25) is 5.95 Å². The highest BCUT2D eigenvalue weighted by Crippen LogP contribution is 2.41. The molecule has 1 saturated carbocycles. The second-order valence-electron chi connectivity index (χ2n) is 8.78. The fourth-order valence-corrected chi connectivity index (χ4v) is 5.24. The minimum absolute atomic E-state index is 0.424. The van der Waals surface area contributed by atoms with E-state index in [0.29, 0.717) is 12.0 Å². The van der Waals surface area contributed by atoms with Gasteiger partial charge in [-0.2, -0.15) is 4.98 Å². The first-order valence-electron chi connectivity index (χ1n) is 11.7. The Morgan fingerprint density at radius 3 is 2.56 bits per heavy atom. The maximum Gasteiger partial charge on any atom is 0.229 e. The molecule has 0 unspecified atom stereocenters. The van der Waals surface area contributed by atoms with Crippen molar-refractivity contribution in [3.8, 4) is 5.69 Å². The maximum absolute atomic E-state index is 4.99. The lowest BCUT2D eigenvalue weighted by Gasteiger charge is -2.36. The summed E-state index contributed by atoms with van der Waals surface area (Å²) < 4.78 is 1.99. The van der Waals surface area contributed by atoms with Crippen LogP contribution in [0.5, 0.6) is 0 Å². The smallest absolute Gasteiger partial charge is 0.229 e. The van der Waals surface area contributed by atoms with Crippen molar-refractivity contribution in [3.05, 3.63) is 48.7 Å². The Bertz CT molecular complexity index is 1140. The molecule has 8 nitrogen and oxygen atoms in total. The van der Waals surface area contributed by atoms with E-state index >= 15 is 0 Å². The van der Waals surface area contributed by atoms with Crippen molar-refractivity contribution in [2.45, 2.75) is 51.5 Å². The Balaban J connectivity index is 1.34. The maximum atomic E-state index is 4.99. The van der Waals surface area contributed by atoms with Crippen molar-refractivity contribution in [1.82, 2.24) is 24.7 Å². The summed E-state index contributed by atoms with van der Waals surface area (Å²) in [6.45, 7) is 4.36. The molecule has 6 rings (SSSR count). The fourth-order valence-electron chi connectivity index (χ4n) is 5.24. The molecule has 3 aliphatic rings. The molecule has 1 N–H and O–H groups in total. The van der Waals surface area contributed by atoms with Gasteiger partial charge in [0, 0.05) is 30.5 Å². The molecule has 8 heteroatoms. The van der Waals surface area contributed by atoms with Crippen molar-refractivity contribution < 1.29 is 0 Å². The van der Waals surface area contributed by atoms with E-state index < -0.39 is 0 Å². The summed E-state index contributed by atoms with van der Waals surface area (Å²) in [7, 11) is 0. The molecule has 0 bridgehead atoms. The van der Waals surface area contributed by atoms with E-state index in [2.05, 4.69) is 67.6 Å². The first kappa shape index (κ1) is 19.3. The molecular weight excluding hydrogens is 400 g/mol. The molecule has 2 fully saturated rings. The first-order valence-corrected chi connectivity index (χ1v) is 11.7. The third kappa shape index (κ3) is 3.21. The highest BCUT2D eigenvalue weighted by atomic mass is 15.4. The number of benzene rings is 1. The zero-order valence-electron chi connectivity index (χ0n) is 18.4. The van der Waals surface area contributed by atoms with E-state index in [0.717, 1.165) is 54.6 Å². The zero-order chi connectivity index (χ0) is 21.5. The van der Waals surface area contributed by atoms with Gasteiger partial charge in [0.25, 0.3) is 0 Å². The van der Waals surface area contributed by atoms with Crippen molar-refractivity contribution in [3.63, 3.8) is 0 Å². The summed E-state index contributed by atoms with van der Waals surface area (Å²) in [6.07, 6.45) is 13.1.